The van der Waals surface area contributed by atoms with Crippen LogP contribution in [0.3, 0.4) is 0 Å². The molecule has 0 spiro atoms. The highest BCUT2D eigenvalue weighted by atomic mass is 35.5. The summed E-state index contributed by atoms with van der Waals surface area (Å²) in [7, 11) is 0. The maximum atomic E-state index is 12.3. The van der Waals surface area contributed by atoms with Crippen LogP contribution in [-0.4, -0.2) is 27.8 Å². The number of carbonyl (C=O) groups excluding carboxylic acids is 2. The van der Waals surface area contributed by atoms with Gasteiger partial charge in [0, 0.05) is 21.3 Å². The molecule has 1 aromatic heterocycles. The highest BCUT2D eigenvalue weighted by molar-refractivity contribution is 8.01. The number of rotatable bonds is 6. The Labute approximate surface area is 186 Å². The van der Waals surface area contributed by atoms with Gasteiger partial charge >= 0.3 is 0 Å². The lowest BCUT2D eigenvalue weighted by molar-refractivity contribution is -0.113. The van der Waals surface area contributed by atoms with Gasteiger partial charge in [0.05, 0.1) is 5.75 Å². The first kappa shape index (κ1) is 21.6. The lowest BCUT2D eigenvalue weighted by Crippen LogP contribution is -2.14. The Morgan fingerprint density at radius 2 is 1.76 bits per heavy atom. The molecule has 3 aromatic rings. The first-order chi connectivity index (χ1) is 13.8. The quantitative estimate of drug-likeness (QED) is 0.372. The third-order valence-electron chi connectivity index (χ3n) is 3.75. The van der Waals surface area contributed by atoms with E-state index in [0.717, 1.165) is 16.8 Å². The molecule has 0 saturated carbocycles. The first-order valence-electron chi connectivity index (χ1n) is 8.41. The van der Waals surface area contributed by atoms with Crippen molar-refractivity contribution in [1.29, 1.82) is 0 Å². The third-order valence-corrected chi connectivity index (χ3v) is 6.15. The highest BCUT2D eigenvalue weighted by Crippen LogP contribution is 2.27. The topological polar surface area (TPSA) is 84.0 Å². The molecule has 0 saturated heterocycles. The second-order valence-corrected chi connectivity index (χ2v) is 9.21. The van der Waals surface area contributed by atoms with Gasteiger partial charge in [-0.05, 0) is 49.2 Å². The summed E-state index contributed by atoms with van der Waals surface area (Å²) in [4.78, 5) is 24.5. The van der Waals surface area contributed by atoms with Gasteiger partial charge in [-0.1, -0.05) is 58.4 Å². The van der Waals surface area contributed by atoms with E-state index in [1.807, 2.05) is 32.0 Å². The summed E-state index contributed by atoms with van der Waals surface area (Å²) < 4.78 is 0.570. The normalized spacial score (nSPS) is 10.6. The average Bonchev–Trinajstić information content (AvgIpc) is 3.09. The Morgan fingerprint density at radius 1 is 1.03 bits per heavy atom. The van der Waals surface area contributed by atoms with Gasteiger partial charge in [-0.2, -0.15) is 0 Å². The molecular formula is C19H16Cl2N4O2S2. The zero-order valence-corrected chi connectivity index (χ0v) is 18.6. The number of benzene rings is 2. The number of halogens is 2. The molecular weight excluding hydrogens is 451 g/mol. The van der Waals surface area contributed by atoms with Crippen molar-refractivity contribution >= 4 is 68.9 Å². The van der Waals surface area contributed by atoms with Crippen molar-refractivity contribution in [3.8, 4) is 0 Å². The highest BCUT2D eigenvalue weighted by Gasteiger charge is 2.13. The molecule has 150 valence electrons. The number of aryl methyl sites for hydroxylation is 2. The number of amides is 2. The largest absolute Gasteiger partial charge is 0.325 e. The molecule has 2 aromatic carbocycles. The van der Waals surface area contributed by atoms with Gasteiger partial charge in [-0.15, -0.1) is 10.2 Å². The number of aromatic nitrogens is 2. The molecule has 0 aliphatic carbocycles. The van der Waals surface area contributed by atoms with Crippen molar-refractivity contribution in [2.45, 2.75) is 18.2 Å². The second-order valence-electron chi connectivity index (χ2n) is 6.14. The Kier molecular flexibility index (Phi) is 7.13. The van der Waals surface area contributed by atoms with Gasteiger partial charge in [0.15, 0.2) is 4.34 Å². The Hall–Kier alpha value is -2.13. The smallest absolute Gasteiger partial charge is 0.257 e. The Balaban J connectivity index is 1.55. The van der Waals surface area contributed by atoms with Crippen molar-refractivity contribution in [3.05, 3.63) is 63.1 Å². The van der Waals surface area contributed by atoms with Crippen LogP contribution in [0.25, 0.3) is 0 Å². The standard InChI is InChI=1S/C19H16Cl2N4O2S2/c1-10-3-4-11(2)15(5-10)22-16(26)9-28-19-25-24-18(29-19)23-17(27)12-6-13(20)8-14(21)7-12/h3-8H,9H2,1-2H3,(H,22,26)(H,23,24,27). The van der Waals surface area contributed by atoms with Gasteiger partial charge in [-0.3, -0.25) is 14.9 Å². The van der Waals surface area contributed by atoms with E-state index in [9.17, 15) is 9.59 Å². The van der Waals surface area contributed by atoms with Gasteiger partial charge in [0.25, 0.3) is 5.91 Å². The van der Waals surface area contributed by atoms with Crippen LogP contribution >= 0.6 is 46.3 Å². The average molecular weight is 467 g/mol. The fourth-order valence-electron chi connectivity index (χ4n) is 2.36. The predicted octanol–water partition coefficient (Wildman–Crippen LogP) is 5.44. The van der Waals surface area contributed by atoms with Crippen molar-refractivity contribution in [2.75, 3.05) is 16.4 Å². The fraction of sp³-hybridized carbons (Fsp3) is 0.158. The number of anilines is 2. The molecule has 29 heavy (non-hydrogen) atoms. The summed E-state index contributed by atoms with van der Waals surface area (Å²) in [6, 6.07) is 10.5. The molecule has 0 radical (unpaired) electrons. The summed E-state index contributed by atoms with van der Waals surface area (Å²) in [6.45, 7) is 3.91. The van der Waals surface area contributed by atoms with Crippen LogP contribution in [0.15, 0.2) is 40.7 Å². The Morgan fingerprint density at radius 3 is 2.48 bits per heavy atom. The summed E-state index contributed by atoms with van der Waals surface area (Å²) in [5, 5.41) is 14.5. The molecule has 1 heterocycles. The molecule has 0 aliphatic heterocycles. The van der Waals surface area contributed by atoms with E-state index in [-0.39, 0.29) is 11.7 Å². The molecule has 2 amide bonds. The summed E-state index contributed by atoms with van der Waals surface area (Å²) in [5.41, 5.74) is 3.18. The van der Waals surface area contributed by atoms with Crippen molar-refractivity contribution in [3.63, 3.8) is 0 Å². The SMILES string of the molecule is Cc1ccc(C)c(NC(=O)CSc2nnc(NC(=O)c3cc(Cl)cc(Cl)c3)s2)c1. The minimum atomic E-state index is -0.394. The molecule has 2 N–H and O–H groups in total. The van der Waals surface area contributed by atoms with Crippen molar-refractivity contribution in [1.82, 2.24) is 10.2 Å². The zero-order valence-electron chi connectivity index (χ0n) is 15.5. The van der Waals surface area contributed by atoms with Crippen LogP contribution in [0.2, 0.25) is 10.0 Å². The number of carbonyl (C=O) groups is 2. The monoisotopic (exact) mass is 466 g/mol. The number of nitrogens with zero attached hydrogens (tertiary/aromatic N) is 2. The predicted molar refractivity (Wildman–Crippen MR) is 120 cm³/mol. The molecule has 6 nitrogen and oxygen atoms in total. The van der Waals surface area contributed by atoms with E-state index >= 15 is 0 Å². The first-order valence-corrected chi connectivity index (χ1v) is 11.0. The fourth-order valence-corrected chi connectivity index (χ4v) is 4.43. The zero-order chi connectivity index (χ0) is 21.0. The lowest BCUT2D eigenvalue weighted by atomic mass is 10.1. The van der Waals surface area contributed by atoms with Crippen LogP contribution in [0.5, 0.6) is 0 Å². The van der Waals surface area contributed by atoms with Crippen molar-refractivity contribution in [2.24, 2.45) is 0 Å². The molecule has 0 aliphatic rings. The number of hydrogen-bond acceptors (Lipinski definition) is 6. The second kappa shape index (κ2) is 9.58. The summed E-state index contributed by atoms with van der Waals surface area (Å²) >= 11 is 14.3. The van der Waals surface area contributed by atoms with Crippen LogP contribution in [-0.2, 0) is 4.79 Å². The van der Waals surface area contributed by atoms with Crippen molar-refractivity contribution < 1.29 is 9.59 Å². The van der Waals surface area contributed by atoms with Gasteiger partial charge < -0.3 is 5.32 Å². The molecule has 3 rings (SSSR count). The molecule has 0 fully saturated rings. The van der Waals surface area contributed by atoms with Crippen LogP contribution in [0.4, 0.5) is 10.8 Å². The third kappa shape index (κ3) is 6.17. The van der Waals surface area contributed by atoms with E-state index in [1.165, 1.54) is 35.2 Å². The molecule has 0 unspecified atom stereocenters. The minimum Gasteiger partial charge on any atom is -0.325 e. The van der Waals surface area contributed by atoms with E-state index in [2.05, 4.69) is 20.8 Å². The maximum Gasteiger partial charge on any atom is 0.257 e. The van der Waals surface area contributed by atoms with Crippen LogP contribution < -0.4 is 10.6 Å². The lowest BCUT2D eigenvalue weighted by Gasteiger charge is -2.08. The number of thioether (sulfide) groups is 1. The molecule has 0 atom stereocenters. The van der Waals surface area contributed by atoms with E-state index < -0.39 is 5.91 Å². The summed E-state index contributed by atoms with van der Waals surface area (Å²) in [6.07, 6.45) is 0. The van der Waals surface area contributed by atoms with E-state index in [0.29, 0.717) is 25.1 Å². The molecule has 10 heteroatoms. The van der Waals surface area contributed by atoms with E-state index in [4.69, 9.17) is 23.2 Å². The van der Waals surface area contributed by atoms with Gasteiger partial charge in [-0.25, -0.2) is 0 Å². The number of nitrogens with one attached hydrogen (secondary N) is 2. The van der Waals surface area contributed by atoms with Crippen LogP contribution in [0, 0.1) is 13.8 Å². The minimum absolute atomic E-state index is 0.141. The van der Waals surface area contributed by atoms with Gasteiger partial charge in [0.1, 0.15) is 0 Å². The summed E-state index contributed by atoms with van der Waals surface area (Å²) in [5.74, 6) is -0.354. The maximum absolute atomic E-state index is 12.3. The van der Waals surface area contributed by atoms with E-state index in [1.54, 1.807) is 6.07 Å². The molecule has 0 bridgehead atoms. The number of hydrogen-bond donors (Lipinski definition) is 2. The Bertz CT molecular complexity index is 1050. The van der Waals surface area contributed by atoms with Gasteiger partial charge in [0.2, 0.25) is 11.0 Å². The van der Waals surface area contributed by atoms with Crippen LogP contribution in [0.1, 0.15) is 21.5 Å².